The van der Waals surface area contributed by atoms with E-state index in [2.05, 4.69) is 29.4 Å². The van der Waals surface area contributed by atoms with Gasteiger partial charge in [0.05, 0.1) is 17.7 Å². The van der Waals surface area contributed by atoms with Crippen LogP contribution in [0.15, 0.2) is 95.5 Å². The van der Waals surface area contributed by atoms with E-state index in [1.165, 1.54) is 6.07 Å². The fourth-order valence-electron chi connectivity index (χ4n) is 5.37. The summed E-state index contributed by atoms with van der Waals surface area (Å²) >= 11 is 0. The fourth-order valence-corrected chi connectivity index (χ4v) is 5.37. The molecule has 0 spiro atoms. The molecule has 0 N–H and O–H groups in total. The molecule has 0 atom stereocenters. The van der Waals surface area contributed by atoms with Crippen LogP contribution in [-0.2, 0) is 27.8 Å². The predicted octanol–water partition coefficient (Wildman–Crippen LogP) is 7.63. The smallest absolute Gasteiger partial charge is 0.316 e. The van der Waals surface area contributed by atoms with Gasteiger partial charge in [-0.25, -0.2) is 4.39 Å². The zero-order chi connectivity index (χ0) is 28.4. The van der Waals surface area contributed by atoms with Crippen LogP contribution >= 0.6 is 0 Å². The van der Waals surface area contributed by atoms with Gasteiger partial charge in [-0.2, -0.15) is 0 Å². The van der Waals surface area contributed by atoms with Crippen molar-refractivity contribution in [3.63, 3.8) is 0 Å². The molecule has 0 saturated heterocycles. The third kappa shape index (κ3) is 5.42. The van der Waals surface area contributed by atoms with Crippen molar-refractivity contribution in [2.75, 3.05) is 6.61 Å². The Bertz CT molecular complexity index is 1690. The molecule has 6 rings (SSSR count). The van der Waals surface area contributed by atoms with Gasteiger partial charge in [-0.3, -0.25) is 9.78 Å². The van der Waals surface area contributed by atoms with Crippen molar-refractivity contribution in [2.45, 2.75) is 44.9 Å². The molecule has 1 saturated carbocycles. The summed E-state index contributed by atoms with van der Waals surface area (Å²) in [6.07, 6.45) is 2.66. The third-order valence-corrected chi connectivity index (χ3v) is 7.87. The average Bonchev–Trinajstić information content (AvgIpc) is 3.74. The second kappa shape index (κ2) is 11.1. The highest BCUT2D eigenvalue weighted by molar-refractivity contribution is 5.87. The molecule has 1 fully saturated rings. The number of pyridine rings is 1. The van der Waals surface area contributed by atoms with Crippen LogP contribution in [0, 0.1) is 12.7 Å². The zero-order valence-electron chi connectivity index (χ0n) is 23.2. The van der Waals surface area contributed by atoms with Gasteiger partial charge in [0.25, 0.3) is 0 Å². The van der Waals surface area contributed by atoms with Crippen molar-refractivity contribution in [2.24, 2.45) is 0 Å². The van der Waals surface area contributed by atoms with E-state index in [4.69, 9.17) is 14.2 Å². The fraction of sp³-hybridized carbons (Fsp3) is 0.229. The molecule has 5 aromatic rings. The monoisotopic (exact) mass is 546 g/mol. The van der Waals surface area contributed by atoms with E-state index >= 15 is 0 Å². The van der Waals surface area contributed by atoms with Gasteiger partial charge in [-0.15, -0.1) is 0 Å². The Kier molecular flexibility index (Phi) is 7.23. The normalized spacial score (nSPS) is 13.6. The molecular weight excluding hydrogens is 515 g/mol. The summed E-state index contributed by atoms with van der Waals surface area (Å²) in [5.41, 5.74) is 7.74. The van der Waals surface area contributed by atoms with Crippen LogP contribution in [0.5, 0.6) is 0 Å². The van der Waals surface area contributed by atoms with E-state index in [-0.39, 0.29) is 11.8 Å². The highest BCUT2D eigenvalue weighted by Crippen LogP contribution is 2.49. The number of halogens is 1. The Morgan fingerprint density at radius 3 is 2.15 bits per heavy atom. The van der Waals surface area contributed by atoms with Gasteiger partial charge in [-0.1, -0.05) is 78.0 Å². The molecule has 2 aromatic heterocycles. The molecule has 0 amide bonds. The van der Waals surface area contributed by atoms with Gasteiger partial charge >= 0.3 is 5.97 Å². The van der Waals surface area contributed by atoms with E-state index in [9.17, 15) is 9.18 Å². The van der Waals surface area contributed by atoms with Crippen molar-refractivity contribution in [1.82, 2.24) is 10.1 Å². The number of carbonyl (C=O) groups excluding carboxylic acids is 1. The summed E-state index contributed by atoms with van der Waals surface area (Å²) in [6.45, 7) is 4.18. The van der Waals surface area contributed by atoms with Crippen LogP contribution in [0.3, 0.4) is 0 Å². The van der Waals surface area contributed by atoms with Gasteiger partial charge in [0, 0.05) is 35.4 Å². The SMILES string of the molecule is CCOC(=O)C1(c2ccc(-c3ccc(-c4onc(C)c4Cc4cccc(Cc5ccccc5F)n4)cc3)cc2)CC1. The summed E-state index contributed by atoms with van der Waals surface area (Å²) in [5.74, 6) is 0.373. The molecule has 3 aromatic carbocycles. The zero-order valence-corrected chi connectivity index (χ0v) is 23.2. The minimum Gasteiger partial charge on any atom is -0.465 e. The Hall–Kier alpha value is -4.58. The van der Waals surface area contributed by atoms with Gasteiger partial charge in [0.1, 0.15) is 5.82 Å². The second-order valence-corrected chi connectivity index (χ2v) is 10.6. The maximum atomic E-state index is 14.2. The number of hydrogen-bond donors (Lipinski definition) is 0. The predicted molar refractivity (Wildman–Crippen MR) is 156 cm³/mol. The summed E-state index contributed by atoms with van der Waals surface area (Å²) < 4.78 is 25.2. The molecule has 0 unspecified atom stereocenters. The molecule has 5 nitrogen and oxygen atoms in total. The summed E-state index contributed by atoms with van der Waals surface area (Å²) in [6, 6.07) is 29.1. The third-order valence-electron chi connectivity index (χ3n) is 7.87. The Morgan fingerprint density at radius 2 is 1.49 bits per heavy atom. The van der Waals surface area contributed by atoms with Gasteiger partial charge < -0.3 is 9.26 Å². The first-order valence-corrected chi connectivity index (χ1v) is 14.0. The first kappa shape index (κ1) is 26.6. The maximum Gasteiger partial charge on any atom is 0.316 e. The molecule has 206 valence electrons. The number of rotatable bonds is 9. The first-order chi connectivity index (χ1) is 20.0. The molecule has 0 bridgehead atoms. The van der Waals surface area contributed by atoms with E-state index in [1.54, 1.807) is 12.1 Å². The molecule has 0 radical (unpaired) electrons. The quantitative estimate of drug-likeness (QED) is 0.178. The van der Waals surface area contributed by atoms with Crippen LogP contribution in [0.25, 0.3) is 22.5 Å². The first-order valence-electron chi connectivity index (χ1n) is 14.0. The molecule has 1 aliphatic carbocycles. The highest BCUT2D eigenvalue weighted by atomic mass is 19.1. The number of aromatic nitrogens is 2. The summed E-state index contributed by atoms with van der Waals surface area (Å²) in [4.78, 5) is 17.2. The minimum absolute atomic E-state index is 0.123. The summed E-state index contributed by atoms with van der Waals surface area (Å²) in [5, 5.41) is 4.25. The Labute approximate surface area is 239 Å². The van der Waals surface area contributed by atoms with Crippen molar-refractivity contribution in [1.29, 1.82) is 0 Å². The number of nitrogens with zero attached hydrogens (tertiary/aromatic N) is 2. The Balaban J connectivity index is 1.19. The van der Waals surface area contributed by atoms with Gasteiger partial charge in [0.15, 0.2) is 5.76 Å². The van der Waals surface area contributed by atoms with Crippen molar-refractivity contribution in [3.05, 3.63) is 131 Å². The standard InChI is InChI=1S/C35H31FN2O3/c1-3-40-34(39)35(19-20-35)28-17-15-25(16-18-28)24-11-13-26(14-12-24)33-31(23(2)38-41-33)22-30-9-6-8-29(37-30)21-27-7-4-5-10-32(27)36/h4-18H,3,19-22H2,1-2H3. The molecule has 2 heterocycles. The number of hydrogen-bond acceptors (Lipinski definition) is 5. The van der Waals surface area contributed by atoms with Gasteiger partial charge in [0.2, 0.25) is 0 Å². The van der Waals surface area contributed by atoms with Crippen LogP contribution in [0.4, 0.5) is 4.39 Å². The number of aryl methyl sites for hydroxylation is 1. The number of esters is 1. The van der Waals surface area contributed by atoms with E-state index in [1.807, 2.05) is 62.4 Å². The van der Waals surface area contributed by atoms with E-state index < -0.39 is 5.41 Å². The summed E-state index contributed by atoms with van der Waals surface area (Å²) in [7, 11) is 0. The molecule has 41 heavy (non-hydrogen) atoms. The van der Waals surface area contributed by atoms with Crippen LogP contribution in [0.2, 0.25) is 0 Å². The van der Waals surface area contributed by atoms with Crippen molar-refractivity contribution < 1.29 is 18.4 Å². The van der Waals surface area contributed by atoms with Crippen molar-refractivity contribution in [3.8, 4) is 22.5 Å². The lowest BCUT2D eigenvalue weighted by Gasteiger charge is -2.14. The molecular formula is C35H31FN2O3. The lowest BCUT2D eigenvalue weighted by atomic mass is 9.93. The molecule has 0 aliphatic heterocycles. The maximum absolute atomic E-state index is 14.2. The lowest BCUT2D eigenvalue weighted by Crippen LogP contribution is -2.23. The van der Waals surface area contributed by atoms with Crippen LogP contribution in [0.1, 0.15) is 53.5 Å². The highest BCUT2D eigenvalue weighted by Gasteiger charge is 2.52. The van der Waals surface area contributed by atoms with Crippen molar-refractivity contribution >= 4 is 5.97 Å². The largest absolute Gasteiger partial charge is 0.465 e. The second-order valence-electron chi connectivity index (χ2n) is 10.6. The van der Waals surface area contributed by atoms with Gasteiger partial charge in [-0.05, 0) is 67.1 Å². The molecule has 6 heteroatoms. The lowest BCUT2D eigenvalue weighted by molar-refractivity contribution is -0.146. The Morgan fingerprint density at radius 1 is 0.854 bits per heavy atom. The topological polar surface area (TPSA) is 65.2 Å². The molecule has 1 aliphatic rings. The van der Waals surface area contributed by atoms with E-state index in [0.717, 1.165) is 63.5 Å². The number of benzene rings is 3. The average molecular weight is 547 g/mol. The number of carbonyl (C=O) groups is 1. The van der Waals surface area contributed by atoms with Crippen LogP contribution in [-0.4, -0.2) is 22.7 Å². The minimum atomic E-state index is -0.467. The van der Waals surface area contributed by atoms with Crippen LogP contribution < -0.4 is 0 Å². The number of ether oxygens (including phenoxy) is 1. The van der Waals surface area contributed by atoms with E-state index in [0.29, 0.717) is 25.0 Å².